The van der Waals surface area contributed by atoms with Crippen LogP contribution >= 0.6 is 0 Å². The van der Waals surface area contributed by atoms with Gasteiger partial charge in [0.25, 0.3) is 0 Å². The molecule has 5 unspecified atom stereocenters. The molecular formula is C52H58N3O19S2+. The van der Waals surface area contributed by atoms with E-state index in [0.29, 0.717) is 49.0 Å². The zero-order valence-corrected chi connectivity index (χ0v) is 43.2. The number of nitrogens with zero attached hydrogens (tertiary/aromatic N) is 3. The first-order chi connectivity index (χ1) is 35.6. The van der Waals surface area contributed by atoms with Crippen LogP contribution in [0.4, 0.5) is 0 Å². The number of phenolic OH excluding ortho intramolecular Hbond substituents is 3. The molecule has 12 aliphatic rings. The molecule has 0 amide bonds. The molecule has 6 aliphatic heterocycles. The molecule has 22 nitrogen and oxygen atoms in total. The van der Waals surface area contributed by atoms with E-state index in [0.717, 1.165) is 60.5 Å². The van der Waals surface area contributed by atoms with Gasteiger partial charge in [-0.1, -0.05) is 24.3 Å². The third kappa shape index (κ3) is 7.22. The Balaban J connectivity index is 0.000000112. The average Bonchev–Trinajstić information content (AvgIpc) is 3.57. The molecule has 10 N–H and O–H groups in total. The van der Waals surface area contributed by atoms with Crippen molar-refractivity contribution >= 4 is 32.4 Å². The topological polar surface area (TPSA) is 334 Å². The van der Waals surface area contributed by atoms with Crippen LogP contribution in [-0.2, 0) is 70.6 Å². The summed E-state index contributed by atoms with van der Waals surface area (Å²) in [6.07, 6.45) is 13.5. The Morgan fingerprint density at radius 1 is 0.605 bits per heavy atom. The Labute approximate surface area is 436 Å². The minimum atomic E-state index is -4.67. The number of aliphatic hydroxyl groups is 2. The number of ether oxygens (including phenoxy) is 4. The van der Waals surface area contributed by atoms with Crippen LogP contribution in [0.1, 0.15) is 52.6 Å². The quantitative estimate of drug-likeness (QED) is 0.125. The number of hydrogen-bond donors (Lipinski definition) is 8. The number of methoxy groups -OCH3 is 1. The fourth-order valence-corrected chi connectivity index (χ4v) is 15.2. The number of piperidine rings is 3. The maximum atomic E-state index is 12.4. The van der Waals surface area contributed by atoms with Gasteiger partial charge in [-0.05, 0) is 150 Å². The zero-order chi connectivity index (χ0) is 54.6. The van der Waals surface area contributed by atoms with Gasteiger partial charge < -0.3 is 49.0 Å². The van der Waals surface area contributed by atoms with Crippen molar-refractivity contribution in [1.82, 2.24) is 14.7 Å². The molecule has 3 fully saturated rings. The van der Waals surface area contributed by atoms with Gasteiger partial charge in [-0.15, -0.1) is 8.42 Å². The monoisotopic (exact) mass is 1090 g/mol. The van der Waals surface area contributed by atoms with E-state index >= 15 is 0 Å². The summed E-state index contributed by atoms with van der Waals surface area (Å²) < 4.78 is 85.5. The Morgan fingerprint density at radius 3 is 1.43 bits per heavy atom. The van der Waals surface area contributed by atoms with Crippen LogP contribution in [0.3, 0.4) is 0 Å². The standard InChI is InChI=1S/C18H19NO3.2C17H17NO4.2H2O4S/c1-19-8-7-18-11-4-6-14(21-2)17(18)22-16-13(20)5-3-10(15(16)18)9-12(11)19;2*1-18-7-6-16-13-9-2-3-10(19)14(13)22-15(16)11(20)4-5-17(16,21)12(18)8-9;2*1-5(2,3)4/h3-6,12,17,20H,7-9H2,1-2H3;2*2-5,12,15,19,21H,6-8H2,1H3;2*(H2,1,2,3,4)/p+1/t12-,17?,18+;2*12-,15?,16+,17?;;/m111../s1. The fourth-order valence-electron chi connectivity index (χ4n) is 15.2. The van der Waals surface area contributed by atoms with E-state index in [1.807, 2.05) is 32.3 Å². The predicted molar refractivity (Wildman–Crippen MR) is 268 cm³/mol. The summed E-state index contributed by atoms with van der Waals surface area (Å²) in [7, 11) is -1.16. The number of ketones is 2. The van der Waals surface area contributed by atoms with E-state index in [4.69, 9.17) is 54.0 Å². The van der Waals surface area contributed by atoms with Crippen LogP contribution in [0.2, 0.25) is 0 Å². The lowest BCUT2D eigenvalue weighted by atomic mass is 9.51. The maximum Gasteiger partial charge on any atom is 0.526 e. The number of hydrogen-bond acceptors (Lipinski definition) is 18. The lowest BCUT2D eigenvalue weighted by Crippen LogP contribution is -2.74. The van der Waals surface area contributed by atoms with Crippen LogP contribution in [0.15, 0.2) is 84.2 Å². The Bertz CT molecular complexity index is 3230. The Hall–Kier alpha value is -5.90. The molecule has 0 saturated carbocycles. The molecule has 3 spiro atoms. The molecular weight excluding hydrogens is 1030 g/mol. The predicted octanol–water partition coefficient (Wildman–Crippen LogP) is 1.02. The van der Waals surface area contributed by atoms with Gasteiger partial charge in [0.1, 0.15) is 17.0 Å². The molecule has 76 heavy (non-hydrogen) atoms. The Kier molecular flexibility index (Phi) is 11.9. The lowest BCUT2D eigenvalue weighted by molar-refractivity contribution is -0.151. The number of likely N-dealkylation sites (tertiary alicyclic amines) is 3. The summed E-state index contributed by atoms with van der Waals surface area (Å²) >= 11 is 0. The van der Waals surface area contributed by atoms with Gasteiger partial charge in [0.2, 0.25) is 0 Å². The minimum absolute atomic E-state index is 0.0510. The van der Waals surface area contributed by atoms with E-state index in [2.05, 4.69) is 33.9 Å². The highest BCUT2D eigenvalue weighted by Crippen LogP contribution is 2.66. The van der Waals surface area contributed by atoms with E-state index in [1.54, 1.807) is 37.5 Å². The Morgan fingerprint density at radius 2 is 1.00 bits per heavy atom. The number of carbonyl (C=O) groups is 2. The van der Waals surface area contributed by atoms with Crippen LogP contribution in [0.25, 0.3) is 0 Å². The van der Waals surface area contributed by atoms with Crippen LogP contribution < -0.4 is 14.2 Å². The SMILES string of the molecule is CN1CC[C@]23c4c5ccc(O)c4OC2C(=O)C=CC3(O)[C@H]1C5.CN1CC[C@]23c4c5ccc(O)c4OC2C(=O)C=CC3(O)[C@H]1C5.COC1=CC=C2[C@H]3Cc4ccc(O)c5c4[C@@]2(CCN3C)C1O5.O=S(=O)(O)O.O=S(=O)(O)[OH2+]. The van der Waals surface area contributed by atoms with Crippen molar-refractivity contribution in [3.05, 3.63) is 118 Å². The van der Waals surface area contributed by atoms with E-state index in [9.17, 15) is 35.1 Å². The van der Waals surface area contributed by atoms with Crippen LogP contribution in [0.5, 0.6) is 34.5 Å². The molecule has 406 valence electrons. The molecule has 6 heterocycles. The number of likely N-dealkylation sites (N-methyl/N-ethyl adjacent to an activating group) is 3. The normalized spacial score (nSPS) is 35.4. The number of phenols is 3. The highest BCUT2D eigenvalue weighted by molar-refractivity contribution is 7.80. The first-order valence-corrected chi connectivity index (χ1v) is 27.4. The van der Waals surface area contributed by atoms with Gasteiger partial charge in [-0.3, -0.25) is 33.4 Å². The zero-order valence-electron chi connectivity index (χ0n) is 41.6. The second kappa shape index (κ2) is 17.3. The number of aromatic hydroxyl groups is 3. The molecule has 24 heteroatoms. The number of allylic oxidation sites excluding steroid dienone is 2. The van der Waals surface area contributed by atoms with Crippen molar-refractivity contribution in [2.24, 2.45) is 0 Å². The van der Waals surface area contributed by atoms with Crippen molar-refractivity contribution < 1.29 is 89.1 Å². The molecule has 3 aromatic rings. The van der Waals surface area contributed by atoms with E-state index < -0.39 is 55.0 Å². The molecule has 6 bridgehead atoms. The minimum Gasteiger partial charge on any atom is -0.504 e. The van der Waals surface area contributed by atoms with Gasteiger partial charge in [-0.2, -0.15) is 8.42 Å². The lowest BCUT2D eigenvalue weighted by Gasteiger charge is -2.60. The van der Waals surface area contributed by atoms with Gasteiger partial charge >= 0.3 is 20.8 Å². The highest BCUT2D eigenvalue weighted by atomic mass is 32.3. The third-order valence-corrected chi connectivity index (χ3v) is 18.2. The second-order valence-corrected chi connectivity index (χ2v) is 23.4. The first kappa shape index (κ1) is 52.2. The average molecular weight is 1090 g/mol. The van der Waals surface area contributed by atoms with Crippen molar-refractivity contribution in [3.63, 3.8) is 0 Å². The summed E-state index contributed by atoms with van der Waals surface area (Å²) in [5.41, 5.74) is 3.81. The molecule has 15 rings (SSSR count). The molecule has 3 aromatic carbocycles. The first-order valence-electron chi connectivity index (χ1n) is 24.6. The van der Waals surface area contributed by atoms with E-state index in [1.165, 1.54) is 28.9 Å². The summed E-state index contributed by atoms with van der Waals surface area (Å²) in [6.45, 7) is 2.62. The summed E-state index contributed by atoms with van der Waals surface area (Å²) in [6, 6.07) is 11.1. The smallest absolute Gasteiger partial charge is 0.504 e. The summed E-state index contributed by atoms with van der Waals surface area (Å²) in [5, 5.41) is 53.8. The van der Waals surface area contributed by atoms with Crippen molar-refractivity contribution in [3.8, 4) is 34.5 Å². The number of rotatable bonds is 1. The van der Waals surface area contributed by atoms with Crippen molar-refractivity contribution in [1.29, 1.82) is 0 Å². The van der Waals surface area contributed by atoms with Crippen LogP contribution in [-0.4, -0.2) is 182 Å². The number of carbonyl (C=O) groups excluding carboxylic acids is 2. The molecule has 6 aliphatic carbocycles. The molecule has 0 aromatic heterocycles. The molecule has 3 saturated heterocycles. The maximum absolute atomic E-state index is 12.4. The van der Waals surface area contributed by atoms with Gasteiger partial charge in [0, 0.05) is 34.8 Å². The summed E-state index contributed by atoms with van der Waals surface area (Å²) in [5.74, 6) is 2.39. The van der Waals surface area contributed by atoms with Crippen molar-refractivity contribution in [2.45, 2.75) is 102 Å². The highest BCUT2D eigenvalue weighted by Gasteiger charge is 2.73. The van der Waals surface area contributed by atoms with Gasteiger partial charge in [0.15, 0.2) is 64.4 Å². The van der Waals surface area contributed by atoms with Crippen molar-refractivity contribution in [2.75, 3.05) is 47.9 Å². The molecule has 11 atom stereocenters. The van der Waals surface area contributed by atoms with Crippen LogP contribution in [0, 0.1) is 0 Å². The fraction of sp³-hybridized carbons (Fsp3) is 0.462. The molecule has 0 radical (unpaired) electrons. The summed E-state index contributed by atoms with van der Waals surface area (Å²) in [4.78, 5) is 31.6. The van der Waals surface area contributed by atoms with Gasteiger partial charge in [0.05, 0.1) is 23.4 Å². The largest absolute Gasteiger partial charge is 0.526 e. The van der Waals surface area contributed by atoms with E-state index in [-0.39, 0.29) is 52.4 Å². The second-order valence-electron chi connectivity index (χ2n) is 21.5. The number of benzene rings is 3. The third-order valence-electron chi connectivity index (χ3n) is 18.2. The van der Waals surface area contributed by atoms with Gasteiger partial charge in [-0.25, -0.2) is 4.55 Å².